The summed E-state index contributed by atoms with van der Waals surface area (Å²) < 4.78 is 0. The fourth-order valence-corrected chi connectivity index (χ4v) is 1.74. The van der Waals surface area contributed by atoms with Gasteiger partial charge in [-0.15, -0.1) is 0 Å². The van der Waals surface area contributed by atoms with E-state index in [4.69, 9.17) is 11.6 Å². The van der Waals surface area contributed by atoms with E-state index in [0.717, 1.165) is 11.1 Å². The highest BCUT2D eigenvalue weighted by atomic mass is 35.5. The van der Waals surface area contributed by atoms with E-state index in [1.807, 2.05) is 30.5 Å². The molecular weight excluding hydrogens is 236 g/mol. The number of nitrogens with zero attached hydrogens (tertiary/aromatic N) is 1. The van der Waals surface area contributed by atoms with Crippen molar-refractivity contribution in [3.05, 3.63) is 58.9 Å². The Labute approximate surface area is 105 Å². The van der Waals surface area contributed by atoms with Gasteiger partial charge in [0.1, 0.15) is 5.75 Å². The fraction of sp³-hybridized carbons (Fsp3) is 0.154. The average Bonchev–Trinajstić information content (AvgIpc) is 2.36. The lowest BCUT2D eigenvalue weighted by Gasteiger charge is -2.07. The molecule has 4 heteroatoms. The minimum atomic E-state index is 0.146. The van der Waals surface area contributed by atoms with Crippen molar-refractivity contribution in [3.63, 3.8) is 0 Å². The molecule has 0 bridgehead atoms. The second-order valence-corrected chi connectivity index (χ2v) is 4.12. The number of nitrogens with one attached hydrogen (secondary N) is 1. The maximum Gasteiger partial charge on any atom is 0.138 e. The van der Waals surface area contributed by atoms with Crippen LogP contribution in [0.4, 0.5) is 0 Å². The third-order valence-electron chi connectivity index (χ3n) is 2.44. The van der Waals surface area contributed by atoms with Crippen LogP contribution in [0, 0.1) is 0 Å². The predicted molar refractivity (Wildman–Crippen MR) is 67.9 cm³/mol. The Kier molecular flexibility index (Phi) is 3.96. The van der Waals surface area contributed by atoms with E-state index in [1.54, 1.807) is 12.3 Å². The third-order valence-corrected chi connectivity index (χ3v) is 2.74. The summed E-state index contributed by atoms with van der Waals surface area (Å²) in [5, 5.41) is 13.3. The van der Waals surface area contributed by atoms with Gasteiger partial charge >= 0.3 is 0 Å². The molecule has 0 aliphatic heterocycles. The zero-order valence-electron chi connectivity index (χ0n) is 9.23. The summed E-state index contributed by atoms with van der Waals surface area (Å²) in [6, 6.07) is 9.23. The van der Waals surface area contributed by atoms with Crippen LogP contribution in [-0.4, -0.2) is 10.1 Å². The van der Waals surface area contributed by atoms with E-state index in [0.29, 0.717) is 18.1 Å². The summed E-state index contributed by atoms with van der Waals surface area (Å²) in [6.45, 7) is 1.28. The quantitative estimate of drug-likeness (QED) is 0.875. The van der Waals surface area contributed by atoms with Gasteiger partial charge in [-0.1, -0.05) is 29.8 Å². The molecule has 0 aliphatic rings. The van der Waals surface area contributed by atoms with Gasteiger partial charge in [0, 0.05) is 31.0 Å². The van der Waals surface area contributed by atoms with Crippen molar-refractivity contribution in [1.29, 1.82) is 0 Å². The second kappa shape index (κ2) is 5.66. The number of benzene rings is 1. The van der Waals surface area contributed by atoms with Crippen LogP contribution < -0.4 is 5.32 Å². The van der Waals surface area contributed by atoms with Crippen LogP contribution in [0.5, 0.6) is 5.75 Å². The van der Waals surface area contributed by atoms with E-state index in [2.05, 4.69) is 10.3 Å². The van der Waals surface area contributed by atoms with Gasteiger partial charge in [-0.2, -0.15) is 0 Å². The first-order valence-corrected chi connectivity index (χ1v) is 5.71. The topological polar surface area (TPSA) is 45.1 Å². The summed E-state index contributed by atoms with van der Waals surface area (Å²) in [5.41, 5.74) is 1.90. The van der Waals surface area contributed by atoms with E-state index in [9.17, 15) is 5.11 Å². The van der Waals surface area contributed by atoms with Crippen molar-refractivity contribution < 1.29 is 5.11 Å². The number of aromatic hydroxyl groups is 1. The molecule has 0 atom stereocenters. The molecule has 88 valence electrons. The molecule has 0 aliphatic carbocycles. The lowest BCUT2D eigenvalue weighted by Crippen LogP contribution is -2.12. The van der Waals surface area contributed by atoms with Gasteiger partial charge in [-0.05, 0) is 17.7 Å². The number of halogens is 1. The van der Waals surface area contributed by atoms with Crippen molar-refractivity contribution in [2.24, 2.45) is 0 Å². The van der Waals surface area contributed by atoms with Crippen LogP contribution in [-0.2, 0) is 13.1 Å². The van der Waals surface area contributed by atoms with Crippen molar-refractivity contribution in [2.45, 2.75) is 13.1 Å². The highest BCUT2D eigenvalue weighted by molar-refractivity contribution is 6.32. The summed E-state index contributed by atoms with van der Waals surface area (Å²) >= 11 is 5.82. The smallest absolute Gasteiger partial charge is 0.138 e. The molecule has 2 N–H and O–H groups in total. The predicted octanol–water partition coefficient (Wildman–Crippen LogP) is 2.73. The van der Waals surface area contributed by atoms with Crippen LogP contribution in [0.3, 0.4) is 0 Å². The van der Waals surface area contributed by atoms with Crippen LogP contribution >= 0.6 is 11.6 Å². The zero-order chi connectivity index (χ0) is 12.1. The SMILES string of the molecule is Oc1c(Cl)cccc1CNCc1cccnc1. The van der Waals surface area contributed by atoms with Crippen LogP contribution in [0.15, 0.2) is 42.7 Å². The molecule has 2 aromatic rings. The normalized spacial score (nSPS) is 10.4. The zero-order valence-corrected chi connectivity index (χ0v) is 9.98. The van der Waals surface area contributed by atoms with Crippen LogP contribution in [0.2, 0.25) is 5.02 Å². The Bertz CT molecular complexity index is 488. The Balaban J connectivity index is 1.93. The maximum atomic E-state index is 9.71. The lowest BCUT2D eigenvalue weighted by atomic mass is 10.2. The first-order chi connectivity index (χ1) is 8.27. The van der Waals surface area contributed by atoms with Crippen LogP contribution in [0.1, 0.15) is 11.1 Å². The maximum absolute atomic E-state index is 9.71. The summed E-state index contributed by atoms with van der Waals surface area (Å²) in [5.74, 6) is 0.146. The molecule has 0 fully saturated rings. The van der Waals surface area contributed by atoms with Gasteiger partial charge in [0.05, 0.1) is 5.02 Å². The number of hydrogen-bond donors (Lipinski definition) is 2. The minimum Gasteiger partial charge on any atom is -0.506 e. The first kappa shape index (κ1) is 11.9. The summed E-state index contributed by atoms with van der Waals surface area (Å²) in [6.07, 6.45) is 3.55. The highest BCUT2D eigenvalue weighted by Gasteiger charge is 2.04. The molecule has 2 rings (SSSR count). The molecule has 0 radical (unpaired) electrons. The Morgan fingerprint density at radius 1 is 1.18 bits per heavy atom. The van der Waals surface area contributed by atoms with E-state index in [1.165, 1.54) is 0 Å². The minimum absolute atomic E-state index is 0.146. The van der Waals surface area contributed by atoms with Gasteiger partial charge in [-0.25, -0.2) is 0 Å². The number of aromatic nitrogens is 1. The molecular formula is C13H13ClN2O. The van der Waals surface area contributed by atoms with E-state index < -0.39 is 0 Å². The highest BCUT2D eigenvalue weighted by Crippen LogP contribution is 2.26. The number of para-hydroxylation sites is 1. The molecule has 0 saturated heterocycles. The van der Waals surface area contributed by atoms with Gasteiger partial charge in [0.15, 0.2) is 0 Å². The number of phenols is 1. The lowest BCUT2D eigenvalue weighted by molar-refractivity contribution is 0.464. The van der Waals surface area contributed by atoms with Crippen molar-refractivity contribution >= 4 is 11.6 Å². The van der Waals surface area contributed by atoms with Crippen molar-refractivity contribution in [2.75, 3.05) is 0 Å². The first-order valence-electron chi connectivity index (χ1n) is 5.33. The average molecular weight is 249 g/mol. The van der Waals surface area contributed by atoms with Gasteiger partial charge < -0.3 is 10.4 Å². The van der Waals surface area contributed by atoms with Gasteiger partial charge in [0.25, 0.3) is 0 Å². The van der Waals surface area contributed by atoms with Crippen molar-refractivity contribution in [3.8, 4) is 5.75 Å². The number of hydrogen-bond acceptors (Lipinski definition) is 3. The standard InChI is InChI=1S/C13H13ClN2O/c14-12-5-1-4-11(13(12)17)9-16-8-10-3-2-6-15-7-10/h1-7,16-17H,8-9H2. The number of pyridine rings is 1. The number of phenolic OH excluding ortho intramolecular Hbond substituents is 1. The molecule has 1 aromatic heterocycles. The summed E-state index contributed by atoms with van der Waals surface area (Å²) in [4.78, 5) is 4.03. The molecule has 17 heavy (non-hydrogen) atoms. The third kappa shape index (κ3) is 3.19. The Hall–Kier alpha value is -1.58. The van der Waals surface area contributed by atoms with Gasteiger partial charge in [0.2, 0.25) is 0 Å². The van der Waals surface area contributed by atoms with Crippen LogP contribution in [0.25, 0.3) is 0 Å². The molecule has 1 aromatic carbocycles. The fourth-order valence-electron chi connectivity index (χ4n) is 1.55. The largest absolute Gasteiger partial charge is 0.506 e. The molecule has 0 amide bonds. The molecule has 0 spiro atoms. The van der Waals surface area contributed by atoms with Crippen molar-refractivity contribution in [1.82, 2.24) is 10.3 Å². The molecule has 3 nitrogen and oxygen atoms in total. The van der Waals surface area contributed by atoms with E-state index in [-0.39, 0.29) is 5.75 Å². The second-order valence-electron chi connectivity index (χ2n) is 3.71. The Morgan fingerprint density at radius 2 is 2.06 bits per heavy atom. The molecule has 0 saturated carbocycles. The molecule has 1 heterocycles. The van der Waals surface area contributed by atoms with E-state index >= 15 is 0 Å². The van der Waals surface area contributed by atoms with Gasteiger partial charge in [-0.3, -0.25) is 4.98 Å². The number of rotatable bonds is 4. The Morgan fingerprint density at radius 3 is 2.82 bits per heavy atom. The monoisotopic (exact) mass is 248 g/mol. The molecule has 0 unspecified atom stereocenters. The summed E-state index contributed by atoms with van der Waals surface area (Å²) in [7, 11) is 0.